The maximum absolute atomic E-state index is 2.29. The third-order valence-corrected chi connectivity index (χ3v) is 2.69. The van der Waals surface area contributed by atoms with Crippen molar-refractivity contribution in [2.75, 3.05) is 0 Å². The van der Waals surface area contributed by atoms with Crippen LogP contribution in [0.3, 0.4) is 0 Å². The van der Waals surface area contributed by atoms with Crippen LogP contribution in [0.25, 0.3) is 0 Å². The largest absolute Gasteiger partial charge is 0.124 e. The summed E-state index contributed by atoms with van der Waals surface area (Å²) in [7, 11) is 1.53. The molecule has 0 aromatic heterocycles. The first-order chi connectivity index (χ1) is 4.93. The lowest BCUT2D eigenvalue weighted by atomic mass is 9.54. The molecule has 58 valence electrons. The zero-order chi connectivity index (χ0) is 7.23. The molecule has 1 fully saturated rings. The van der Waals surface area contributed by atoms with Crippen LogP contribution in [0.2, 0.25) is 12.1 Å². The molecule has 1 aliphatic rings. The van der Waals surface area contributed by atoms with Crippen LogP contribution in [0.1, 0.15) is 45.4 Å². The summed E-state index contributed by atoms with van der Waals surface area (Å²) >= 11 is 0. The molecule has 0 aromatic rings. The highest BCUT2D eigenvalue weighted by Gasteiger charge is 2.13. The molecule has 0 amide bonds. The van der Waals surface area contributed by atoms with Crippen LogP contribution in [0, 0.1) is 0 Å². The van der Waals surface area contributed by atoms with Crippen molar-refractivity contribution >= 4 is 7.28 Å². The Balaban J connectivity index is 2.02. The van der Waals surface area contributed by atoms with Gasteiger partial charge in [-0.1, -0.05) is 57.6 Å². The summed E-state index contributed by atoms with van der Waals surface area (Å²) in [6.45, 7) is 2.29. The smallest absolute Gasteiger partial charge is 0.0772 e. The van der Waals surface area contributed by atoms with E-state index in [1.54, 1.807) is 0 Å². The van der Waals surface area contributed by atoms with Crippen molar-refractivity contribution in [1.82, 2.24) is 0 Å². The molecular formula is C9H19B. The molecule has 0 radical (unpaired) electrons. The van der Waals surface area contributed by atoms with Crippen molar-refractivity contribution < 1.29 is 0 Å². The Kier molecular flexibility index (Phi) is 3.93. The van der Waals surface area contributed by atoms with Crippen molar-refractivity contribution in [2.24, 2.45) is 0 Å². The van der Waals surface area contributed by atoms with Gasteiger partial charge in [-0.15, -0.1) is 0 Å². The molecule has 0 aromatic carbocycles. The van der Waals surface area contributed by atoms with Crippen molar-refractivity contribution in [1.29, 1.82) is 0 Å². The first kappa shape index (κ1) is 8.16. The molecule has 1 rings (SSSR count). The fourth-order valence-corrected chi connectivity index (χ4v) is 1.97. The summed E-state index contributed by atoms with van der Waals surface area (Å²) < 4.78 is 0. The summed E-state index contributed by atoms with van der Waals surface area (Å²) in [6.07, 6.45) is 10.4. The van der Waals surface area contributed by atoms with Crippen molar-refractivity contribution in [3.8, 4) is 0 Å². The number of rotatable bonds is 3. The Morgan fingerprint density at radius 1 is 1.40 bits per heavy atom. The van der Waals surface area contributed by atoms with E-state index in [1.807, 2.05) is 0 Å². The maximum Gasteiger partial charge on any atom is 0.124 e. The molecule has 1 heterocycles. The second-order valence-corrected chi connectivity index (χ2v) is 3.65. The first-order valence-electron chi connectivity index (χ1n) is 4.93. The molecular weight excluding hydrogens is 119 g/mol. The van der Waals surface area contributed by atoms with Gasteiger partial charge in [-0.25, -0.2) is 0 Å². The number of unbranched alkanes of at least 4 members (excludes halogenated alkanes) is 1. The summed E-state index contributed by atoms with van der Waals surface area (Å²) in [5.41, 5.74) is 0. The van der Waals surface area contributed by atoms with Crippen LogP contribution in [-0.4, -0.2) is 7.28 Å². The van der Waals surface area contributed by atoms with Gasteiger partial charge >= 0.3 is 0 Å². The predicted molar refractivity (Wildman–Crippen MR) is 49.1 cm³/mol. The van der Waals surface area contributed by atoms with E-state index in [0.717, 1.165) is 5.82 Å². The van der Waals surface area contributed by atoms with E-state index in [1.165, 1.54) is 52.1 Å². The average Bonchev–Trinajstić information content (AvgIpc) is 2.03. The van der Waals surface area contributed by atoms with Crippen molar-refractivity contribution in [3.63, 3.8) is 0 Å². The Hall–Kier alpha value is 0.0649. The van der Waals surface area contributed by atoms with E-state index in [4.69, 9.17) is 0 Å². The molecule has 1 saturated heterocycles. The topological polar surface area (TPSA) is 0 Å². The quantitative estimate of drug-likeness (QED) is 0.526. The second-order valence-electron chi connectivity index (χ2n) is 3.65. The van der Waals surface area contributed by atoms with Gasteiger partial charge in [0.25, 0.3) is 0 Å². The van der Waals surface area contributed by atoms with Crippen LogP contribution < -0.4 is 0 Å². The Morgan fingerprint density at radius 2 is 2.30 bits per heavy atom. The van der Waals surface area contributed by atoms with Crippen LogP contribution >= 0.6 is 0 Å². The van der Waals surface area contributed by atoms with Crippen molar-refractivity contribution in [2.45, 2.75) is 57.6 Å². The summed E-state index contributed by atoms with van der Waals surface area (Å²) in [6, 6.07) is 0. The van der Waals surface area contributed by atoms with Gasteiger partial charge in [0.05, 0.1) is 0 Å². The van der Waals surface area contributed by atoms with E-state index in [2.05, 4.69) is 6.92 Å². The van der Waals surface area contributed by atoms with Gasteiger partial charge in [0.1, 0.15) is 7.28 Å². The van der Waals surface area contributed by atoms with Crippen LogP contribution in [0.5, 0.6) is 0 Å². The average molecular weight is 138 g/mol. The predicted octanol–water partition coefficient (Wildman–Crippen LogP) is 3.00. The monoisotopic (exact) mass is 138 g/mol. The van der Waals surface area contributed by atoms with Gasteiger partial charge in [-0.05, 0) is 0 Å². The molecule has 0 saturated carbocycles. The summed E-state index contributed by atoms with van der Waals surface area (Å²) in [5, 5.41) is 0. The molecule has 10 heavy (non-hydrogen) atoms. The lowest BCUT2D eigenvalue weighted by Crippen LogP contribution is -2.08. The van der Waals surface area contributed by atoms with Gasteiger partial charge in [0.15, 0.2) is 0 Å². The highest BCUT2D eigenvalue weighted by atomic mass is 14.1. The van der Waals surface area contributed by atoms with Crippen LogP contribution in [0.4, 0.5) is 0 Å². The number of hydrogen-bond donors (Lipinski definition) is 0. The zero-order valence-electron chi connectivity index (χ0n) is 7.23. The van der Waals surface area contributed by atoms with E-state index in [9.17, 15) is 0 Å². The number of hydrogen-bond acceptors (Lipinski definition) is 0. The highest BCUT2D eigenvalue weighted by molar-refractivity contribution is 6.37. The lowest BCUT2D eigenvalue weighted by Gasteiger charge is -2.19. The van der Waals surface area contributed by atoms with Gasteiger partial charge in [-0.3, -0.25) is 0 Å². The standard InChI is InChI=1S/C9H19B/c1-2-3-6-9-7-4-5-8-10-9/h9-10H,2-8H2,1H3. The van der Waals surface area contributed by atoms with Gasteiger partial charge in [0.2, 0.25) is 0 Å². The van der Waals surface area contributed by atoms with E-state index in [0.29, 0.717) is 0 Å². The first-order valence-corrected chi connectivity index (χ1v) is 4.93. The van der Waals surface area contributed by atoms with Gasteiger partial charge < -0.3 is 0 Å². The molecule has 1 aliphatic heterocycles. The second kappa shape index (κ2) is 4.82. The fraction of sp³-hybridized carbons (Fsp3) is 1.00. The normalized spacial score (nSPS) is 25.9. The molecule has 0 aliphatic carbocycles. The molecule has 0 spiro atoms. The molecule has 0 nitrogen and oxygen atoms in total. The Morgan fingerprint density at radius 3 is 2.90 bits per heavy atom. The third kappa shape index (κ3) is 2.77. The third-order valence-electron chi connectivity index (χ3n) is 2.69. The SMILES string of the molecule is CCCCC1BCCCC1. The zero-order valence-corrected chi connectivity index (χ0v) is 7.23. The van der Waals surface area contributed by atoms with Crippen LogP contribution in [-0.2, 0) is 0 Å². The van der Waals surface area contributed by atoms with Crippen molar-refractivity contribution in [3.05, 3.63) is 0 Å². The van der Waals surface area contributed by atoms with Crippen LogP contribution in [0.15, 0.2) is 0 Å². The van der Waals surface area contributed by atoms with E-state index >= 15 is 0 Å². The lowest BCUT2D eigenvalue weighted by molar-refractivity contribution is 0.572. The molecule has 1 unspecified atom stereocenters. The Bertz CT molecular complexity index is 74.8. The minimum atomic E-state index is 1.11. The minimum absolute atomic E-state index is 1.11. The molecule has 0 N–H and O–H groups in total. The molecule has 0 bridgehead atoms. The molecule has 1 atom stereocenters. The maximum atomic E-state index is 2.29. The van der Waals surface area contributed by atoms with Gasteiger partial charge in [0, 0.05) is 0 Å². The van der Waals surface area contributed by atoms with Gasteiger partial charge in [-0.2, -0.15) is 0 Å². The summed E-state index contributed by atoms with van der Waals surface area (Å²) in [5.74, 6) is 1.11. The fourth-order valence-electron chi connectivity index (χ4n) is 1.97. The highest BCUT2D eigenvalue weighted by Crippen LogP contribution is 2.27. The van der Waals surface area contributed by atoms with E-state index < -0.39 is 0 Å². The minimum Gasteiger partial charge on any atom is -0.0772 e. The summed E-state index contributed by atoms with van der Waals surface area (Å²) in [4.78, 5) is 0. The Labute approximate surface area is 65.6 Å². The molecule has 1 heteroatoms. The van der Waals surface area contributed by atoms with E-state index in [-0.39, 0.29) is 0 Å².